The molecule has 0 heterocycles. The lowest BCUT2D eigenvalue weighted by atomic mass is 9.95. The highest BCUT2D eigenvalue weighted by atomic mass is 19.1. The Labute approximate surface area is 109 Å². The fourth-order valence-corrected chi connectivity index (χ4v) is 3.35. The quantitative estimate of drug-likeness (QED) is 0.638. The third-order valence-corrected chi connectivity index (χ3v) is 5.13. The van der Waals surface area contributed by atoms with Gasteiger partial charge in [0.25, 0.3) is 0 Å². The molecule has 1 aliphatic carbocycles. The van der Waals surface area contributed by atoms with Gasteiger partial charge in [-0.1, -0.05) is 45.4 Å². The van der Waals surface area contributed by atoms with Crippen molar-refractivity contribution < 1.29 is 4.39 Å². The normalized spacial score (nSPS) is 22.8. The summed E-state index contributed by atoms with van der Waals surface area (Å²) < 4.78 is 14.0. The van der Waals surface area contributed by atoms with E-state index in [1.54, 1.807) is 6.07 Å². The van der Waals surface area contributed by atoms with Crippen molar-refractivity contribution in [2.24, 2.45) is 22.6 Å². The zero-order chi connectivity index (χ0) is 13.7. The lowest BCUT2D eigenvalue weighted by Gasteiger charge is -2.20. The second-order valence-corrected chi connectivity index (χ2v) is 6.59. The zero-order valence-corrected chi connectivity index (χ0v) is 11.8. The second kappa shape index (κ2) is 4.04. The molecule has 2 nitrogen and oxygen atoms in total. The van der Waals surface area contributed by atoms with E-state index in [4.69, 9.17) is 5.84 Å². The van der Waals surface area contributed by atoms with E-state index < -0.39 is 0 Å². The highest BCUT2D eigenvalue weighted by molar-refractivity contribution is 5.31. The topological polar surface area (TPSA) is 38.0 Å². The number of nitrogens with one attached hydrogen (secondary N) is 1. The molecule has 1 aliphatic rings. The molecular formula is C15H23FN2. The SMILES string of the molecule is Cc1ccc(F)c(C(NN)C2C(C)(C)C2(C)C)c1. The molecule has 3 N–H and O–H groups in total. The van der Waals surface area contributed by atoms with Gasteiger partial charge in [-0.15, -0.1) is 0 Å². The molecule has 1 fully saturated rings. The summed E-state index contributed by atoms with van der Waals surface area (Å²) >= 11 is 0. The molecule has 1 unspecified atom stereocenters. The minimum absolute atomic E-state index is 0.130. The predicted molar refractivity (Wildman–Crippen MR) is 72.3 cm³/mol. The van der Waals surface area contributed by atoms with Gasteiger partial charge in [-0.3, -0.25) is 11.3 Å². The predicted octanol–water partition coefficient (Wildman–Crippen LogP) is 3.32. The van der Waals surface area contributed by atoms with Gasteiger partial charge in [0.15, 0.2) is 0 Å². The minimum Gasteiger partial charge on any atom is -0.271 e. The van der Waals surface area contributed by atoms with E-state index in [0.29, 0.717) is 11.5 Å². The summed E-state index contributed by atoms with van der Waals surface area (Å²) in [7, 11) is 0. The summed E-state index contributed by atoms with van der Waals surface area (Å²) in [6, 6.07) is 5.08. The van der Waals surface area contributed by atoms with Gasteiger partial charge in [-0.05, 0) is 29.7 Å². The summed E-state index contributed by atoms with van der Waals surface area (Å²) in [5, 5.41) is 0. The van der Waals surface area contributed by atoms with E-state index in [-0.39, 0.29) is 22.7 Å². The van der Waals surface area contributed by atoms with Crippen molar-refractivity contribution in [3.63, 3.8) is 0 Å². The van der Waals surface area contributed by atoms with E-state index in [1.165, 1.54) is 6.07 Å². The van der Waals surface area contributed by atoms with E-state index in [0.717, 1.165) is 5.56 Å². The lowest BCUT2D eigenvalue weighted by Crippen LogP contribution is -2.32. The number of hydrogen-bond acceptors (Lipinski definition) is 2. The molecule has 0 radical (unpaired) electrons. The Balaban J connectivity index is 2.39. The van der Waals surface area contributed by atoms with Crippen LogP contribution in [0.25, 0.3) is 0 Å². The van der Waals surface area contributed by atoms with Crippen LogP contribution in [-0.2, 0) is 0 Å². The number of aryl methyl sites for hydroxylation is 1. The molecule has 2 rings (SSSR count). The van der Waals surface area contributed by atoms with Crippen LogP contribution in [0.4, 0.5) is 4.39 Å². The third kappa shape index (κ3) is 1.77. The first-order valence-corrected chi connectivity index (χ1v) is 6.45. The Morgan fingerprint density at radius 3 is 2.22 bits per heavy atom. The first kappa shape index (κ1) is 13.5. The van der Waals surface area contributed by atoms with Gasteiger partial charge in [0.05, 0.1) is 6.04 Å². The van der Waals surface area contributed by atoms with Crippen LogP contribution in [0.1, 0.15) is 44.9 Å². The lowest BCUT2D eigenvalue weighted by molar-refractivity contribution is 0.402. The molecule has 0 saturated heterocycles. The first-order chi connectivity index (χ1) is 8.23. The molecule has 3 heteroatoms. The minimum atomic E-state index is -0.179. The smallest absolute Gasteiger partial charge is 0.128 e. The molecule has 100 valence electrons. The highest BCUT2D eigenvalue weighted by Crippen LogP contribution is 2.72. The van der Waals surface area contributed by atoms with Crippen LogP contribution in [0.5, 0.6) is 0 Å². The van der Waals surface area contributed by atoms with Crippen LogP contribution >= 0.6 is 0 Å². The molecule has 0 amide bonds. The van der Waals surface area contributed by atoms with Crippen molar-refractivity contribution in [1.82, 2.24) is 5.43 Å². The Morgan fingerprint density at radius 2 is 1.78 bits per heavy atom. The highest BCUT2D eigenvalue weighted by Gasteiger charge is 2.67. The molecule has 1 atom stereocenters. The van der Waals surface area contributed by atoms with Gasteiger partial charge in [-0.2, -0.15) is 0 Å². The van der Waals surface area contributed by atoms with Gasteiger partial charge in [0, 0.05) is 5.56 Å². The molecule has 1 aromatic carbocycles. The number of hydrogen-bond donors (Lipinski definition) is 2. The zero-order valence-electron chi connectivity index (χ0n) is 11.8. The van der Waals surface area contributed by atoms with Gasteiger partial charge >= 0.3 is 0 Å². The average Bonchev–Trinajstić information content (AvgIpc) is 2.67. The molecule has 18 heavy (non-hydrogen) atoms. The maximum absolute atomic E-state index is 14.0. The Bertz CT molecular complexity index is 452. The standard InChI is InChI=1S/C15H23FN2/c1-9-6-7-11(16)10(8-9)12(18-17)13-14(2,3)15(13,4)5/h6-8,12-13,18H,17H2,1-5H3. The number of benzene rings is 1. The molecule has 1 saturated carbocycles. The van der Waals surface area contributed by atoms with Crippen molar-refractivity contribution in [3.05, 3.63) is 35.1 Å². The summed E-state index contributed by atoms with van der Waals surface area (Å²) in [4.78, 5) is 0. The van der Waals surface area contributed by atoms with E-state index in [1.807, 2.05) is 13.0 Å². The van der Waals surface area contributed by atoms with Crippen LogP contribution in [0.3, 0.4) is 0 Å². The molecular weight excluding hydrogens is 227 g/mol. The van der Waals surface area contributed by atoms with Gasteiger partial charge < -0.3 is 0 Å². The fourth-order valence-electron chi connectivity index (χ4n) is 3.35. The maximum Gasteiger partial charge on any atom is 0.128 e. The van der Waals surface area contributed by atoms with E-state index in [9.17, 15) is 4.39 Å². The van der Waals surface area contributed by atoms with Gasteiger partial charge in [0.1, 0.15) is 5.82 Å². The van der Waals surface area contributed by atoms with Gasteiger partial charge in [0.2, 0.25) is 0 Å². The Kier molecular flexibility index (Phi) is 3.03. The second-order valence-electron chi connectivity index (χ2n) is 6.59. The van der Waals surface area contributed by atoms with E-state index >= 15 is 0 Å². The summed E-state index contributed by atoms with van der Waals surface area (Å²) in [5.41, 5.74) is 4.89. The van der Waals surface area contributed by atoms with Crippen molar-refractivity contribution in [2.75, 3.05) is 0 Å². The summed E-state index contributed by atoms with van der Waals surface area (Å²) in [6.07, 6.45) is 0. The van der Waals surface area contributed by atoms with Crippen LogP contribution < -0.4 is 11.3 Å². The van der Waals surface area contributed by atoms with Crippen LogP contribution in [0.2, 0.25) is 0 Å². The molecule has 0 bridgehead atoms. The molecule has 0 aliphatic heterocycles. The van der Waals surface area contributed by atoms with Crippen molar-refractivity contribution >= 4 is 0 Å². The molecule has 0 spiro atoms. The summed E-state index contributed by atoms with van der Waals surface area (Å²) in [5.74, 6) is 5.85. The van der Waals surface area contributed by atoms with E-state index in [2.05, 4.69) is 33.1 Å². The Morgan fingerprint density at radius 1 is 1.22 bits per heavy atom. The monoisotopic (exact) mass is 250 g/mol. The molecule has 1 aromatic rings. The van der Waals surface area contributed by atoms with Crippen LogP contribution in [0, 0.1) is 29.5 Å². The summed E-state index contributed by atoms with van der Waals surface area (Å²) in [6.45, 7) is 10.8. The number of rotatable bonds is 3. The van der Waals surface area contributed by atoms with Gasteiger partial charge in [-0.25, -0.2) is 4.39 Å². The fraction of sp³-hybridized carbons (Fsp3) is 0.600. The third-order valence-electron chi connectivity index (χ3n) is 5.13. The largest absolute Gasteiger partial charge is 0.271 e. The number of hydrazine groups is 1. The van der Waals surface area contributed by atoms with Crippen molar-refractivity contribution in [3.8, 4) is 0 Å². The van der Waals surface area contributed by atoms with Crippen LogP contribution in [-0.4, -0.2) is 0 Å². The maximum atomic E-state index is 14.0. The average molecular weight is 250 g/mol. The molecule has 0 aromatic heterocycles. The van der Waals surface area contributed by atoms with Crippen LogP contribution in [0.15, 0.2) is 18.2 Å². The van der Waals surface area contributed by atoms with Crippen molar-refractivity contribution in [2.45, 2.75) is 40.7 Å². The van der Waals surface area contributed by atoms with Crippen molar-refractivity contribution in [1.29, 1.82) is 0 Å². The number of halogens is 1. The Hall–Kier alpha value is -0.930. The number of nitrogens with two attached hydrogens (primary N) is 1. The first-order valence-electron chi connectivity index (χ1n) is 6.45.